The van der Waals surface area contributed by atoms with Gasteiger partial charge >= 0.3 is 0 Å². The van der Waals surface area contributed by atoms with Crippen LogP contribution < -0.4 is 5.43 Å². The summed E-state index contributed by atoms with van der Waals surface area (Å²) in [6.07, 6.45) is 5.80. The molecule has 0 aliphatic heterocycles. The minimum absolute atomic E-state index is 0.128. The quantitative estimate of drug-likeness (QED) is 0.671. The fraction of sp³-hybridized carbons (Fsp3) is 0.421. The lowest BCUT2D eigenvalue weighted by Gasteiger charge is -2.18. The Labute approximate surface area is 142 Å². The van der Waals surface area contributed by atoms with Crippen LogP contribution in [-0.2, 0) is 18.3 Å². The summed E-state index contributed by atoms with van der Waals surface area (Å²) >= 11 is 0. The van der Waals surface area contributed by atoms with Gasteiger partial charge in [-0.15, -0.1) is 0 Å². The monoisotopic (exact) mass is 324 g/mol. The van der Waals surface area contributed by atoms with Gasteiger partial charge in [-0.3, -0.25) is 9.89 Å². The van der Waals surface area contributed by atoms with Gasteiger partial charge in [-0.1, -0.05) is 45.0 Å². The first-order valence-corrected chi connectivity index (χ1v) is 8.45. The largest absolute Gasteiger partial charge is 0.292 e. The van der Waals surface area contributed by atoms with Gasteiger partial charge in [0.1, 0.15) is 0 Å². The van der Waals surface area contributed by atoms with Crippen molar-refractivity contribution in [3.8, 4) is 0 Å². The number of carbonyl (C=O) groups is 1. The van der Waals surface area contributed by atoms with E-state index >= 15 is 0 Å². The van der Waals surface area contributed by atoms with E-state index in [-0.39, 0.29) is 11.3 Å². The van der Waals surface area contributed by atoms with Crippen LogP contribution in [0.5, 0.6) is 0 Å². The Bertz CT molecular complexity index is 751. The molecule has 1 amide bonds. The zero-order chi connectivity index (χ0) is 17.2. The number of rotatable bonds is 3. The van der Waals surface area contributed by atoms with E-state index in [1.165, 1.54) is 5.56 Å². The van der Waals surface area contributed by atoms with Gasteiger partial charge in [0.2, 0.25) is 0 Å². The van der Waals surface area contributed by atoms with Gasteiger partial charge in [0.05, 0.1) is 6.21 Å². The minimum Gasteiger partial charge on any atom is -0.281 e. The third-order valence-corrected chi connectivity index (χ3v) is 4.43. The maximum atomic E-state index is 12.2. The molecule has 0 spiro atoms. The van der Waals surface area contributed by atoms with Crippen molar-refractivity contribution in [2.45, 2.75) is 51.9 Å². The Balaban J connectivity index is 1.64. The molecule has 5 nitrogen and oxygen atoms in total. The lowest BCUT2D eigenvalue weighted by molar-refractivity contribution is 0.0949. The highest BCUT2D eigenvalue weighted by molar-refractivity contribution is 5.94. The average molecular weight is 324 g/mol. The molecule has 24 heavy (non-hydrogen) atoms. The van der Waals surface area contributed by atoms with Crippen LogP contribution in [0.2, 0.25) is 0 Å². The molecule has 0 radical (unpaired) electrons. The number of nitrogens with one attached hydrogen (secondary N) is 2. The molecular formula is C19H24N4O. The fourth-order valence-corrected chi connectivity index (χ4v) is 2.96. The number of carbonyl (C=O) groups excluding carboxylic acids is 1. The lowest BCUT2D eigenvalue weighted by Crippen LogP contribution is -2.20. The molecule has 1 aliphatic carbocycles. The van der Waals surface area contributed by atoms with Gasteiger partial charge in [0.25, 0.3) is 5.91 Å². The van der Waals surface area contributed by atoms with E-state index in [0.717, 1.165) is 42.5 Å². The van der Waals surface area contributed by atoms with E-state index in [1.807, 2.05) is 12.1 Å². The summed E-state index contributed by atoms with van der Waals surface area (Å²) in [5.41, 5.74) is 7.54. The molecule has 0 saturated carbocycles. The molecule has 0 fully saturated rings. The van der Waals surface area contributed by atoms with E-state index in [4.69, 9.17) is 0 Å². The summed E-state index contributed by atoms with van der Waals surface area (Å²) in [5.74, 6) is -0.253. The second-order valence-electron chi connectivity index (χ2n) is 7.31. The van der Waals surface area contributed by atoms with Crippen LogP contribution >= 0.6 is 0 Å². The number of aromatic nitrogens is 2. The van der Waals surface area contributed by atoms with Crippen LogP contribution in [0.25, 0.3) is 0 Å². The molecule has 0 bridgehead atoms. The lowest BCUT2D eigenvalue weighted by atomic mass is 9.87. The Morgan fingerprint density at radius 3 is 2.62 bits per heavy atom. The summed E-state index contributed by atoms with van der Waals surface area (Å²) < 4.78 is 0. The van der Waals surface area contributed by atoms with Crippen LogP contribution in [-0.4, -0.2) is 22.3 Å². The topological polar surface area (TPSA) is 70.1 Å². The molecule has 0 unspecified atom stereocenters. The van der Waals surface area contributed by atoms with Crippen molar-refractivity contribution in [2.75, 3.05) is 0 Å². The number of hydrogen-bond donors (Lipinski definition) is 2. The summed E-state index contributed by atoms with van der Waals surface area (Å²) in [6.45, 7) is 6.54. The summed E-state index contributed by atoms with van der Waals surface area (Å²) in [7, 11) is 0. The van der Waals surface area contributed by atoms with E-state index in [2.05, 4.69) is 53.6 Å². The van der Waals surface area contributed by atoms with Gasteiger partial charge in [-0.25, -0.2) is 5.43 Å². The van der Waals surface area contributed by atoms with Crippen molar-refractivity contribution >= 4 is 12.1 Å². The zero-order valence-electron chi connectivity index (χ0n) is 14.5. The van der Waals surface area contributed by atoms with Crippen LogP contribution in [0.1, 0.15) is 66.5 Å². The number of H-pyrrole nitrogens is 1. The van der Waals surface area contributed by atoms with Crippen molar-refractivity contribution in [2.24, 2.45) is 5.10 Å². The third-order valence-electron chi connectivity index (χ3n) is 4.43. The Hall–Kier alpha value is -2.43. The maximum absolute atomic E-state index is 12.2. The summed E-state index contributed by atoms with van der Waals surface area (Å²) in [5, 5.41) is 11.2. The predicted molar refractivity (Wildman–Crippen MR) is 95.4 cm³/mol. The SMILES string of the molecule is CC(C)(C)c1ccc(/C=N/NC(=O)c2n[nH]c3c2CCCC3)cc1. The number of hydrazone groups is 1. The first kappa shape index (κ1) is 16.4. The summed E-state index contributed by atoms with van der Waals surface area (Å²) in [4.78, 5) is 12.2. The molecule has 2 N–H and O–H groups in total. The molecule has 0 saturated heterocycles. The van der Waals surface area contributed by atoms with Crippen molar-refractivity contribution in [3.63, 3.8) is 0 Å². The van der Waals surface area contributed by atoms with E-state index < -0.39 is 0 Å². The molecule has 2 aromatic rings. The second-order valence-corrected chi connectivity index (χ2v) is 7.31. The number of hydrogen-bond acceptors (Lipinski definition) is 3. The van der Waals surface area contributed by atoms with Crippen LogP contribution in [0.3, 0.4) is 0 Å². The molecule has 1 aromatic heterocycles. The third kappa shape index (κ3) is 3.55. The maximum Gasteiger partial charge on any atom is 0.292 e. The molecule has 1 aliphatic rings. The summed E-state index contributed by atoms with van der Waals surface area (Å²) in [6, 6.07) is 8.19. The number of amides is 1. The molecule has 5 heteroatoms. The molecule has 1 heterocycles. The average Bonchev–Trinajstić information content (AvgIpc) is 2.98. The van der Waals surface area contributed by atoms with Crippen molar-refractivity contribution < 1.29 is 4.79 Å². The van der Waals surface area contributed by atoms with Crippen molar-refractivity contribution in [1.82, 2.24) is 15.6 Å². The van der Waals surface area contributed by atoms with E-state index in [0.29, 0.717) is 5.69 Å². The van der Waals surface area contributed by atoms with Gasteiger partial charge in [-0.2, -0.15) is 10.2 Å². The van der Waals surface area contributed by atoms with Crippen LogP contribution in [0.15, 0.2) is 29.4 Å². The normalized spacial score (nSPS) is 14.6. The Morgan fingerprint density at radius 2 is 1.92 bits per heavy atom. The molecule has 1 aromatic carbocycles. The number of nitrogens with zero attached hydrogens (tertiary/aromatic N) is 2. The van der Waals surface area contributed by atoms with Gasteiger partial charge < -0.3 is 0 Å². The zero-order valence-corrected chi connectivity index (χ0v) is 14.5. The molecular weight excluding hydrogens is 300 g/mol. The first-order chi connectivity index (χ1) is 11.4. The standard InChI is InChI=1S/C19H24N4O/c1-19(2,3)14-10-8-13(9-11-14)12-20-23-18(24)17-15-6-4-5-7-16(15)21-22-17/h8-12H,4-7H2,1-3H3,(H,21,22)(H,23,24)/b20-12+. The van der Waals surface area contributed by atoms with Crippen molar-refractivity contribution in [3.05, 3.63) is 52.3 Å². The van der Waals surface area contributed by atoms with Crippen LogP contribution in [0.4, 0.5) is 0 Å². The minimum atomic E-state index is -0.253. The molecule has 3 rings (SSSR count). The van der Waals surface area contributed by atoms with Gasteiger partial charge in [-0.05, 0) is 42.2 Å². The number of aromatic amines is 1. The second kappa shape index (κ2) is 6.59. The Morgan fingerprint density at radius 1 is 1.21 bits per heavy atom. The highest BCUT2D eigenvalue weighted by atomic mass is 16.2. The highest BCUT2D eigenvalue weighted by Crippen LogP contribution is 2.22. The first-order valence-electron chi connectivity index (χ1n) is 8.45. The van der Waals surface area contributed by atoms with Gasteiger partial charge in [0.15, 0.2) is 5.69 Å². The smallest absolute Gasteiger partial charge is 0.281 e. The van der Waals surface area contributed by atoms with Gasteiger partial charge in [0, 0.05) is 11.3 Å². The Kier molecular flexibility index (Phi) is 4.51. The van der Waals surface area contributed by atoms with E-state index in [9.17, 15) is 4.79 Å². The molecule has 126 valence electrons. The fourth-order valence-electron chi connectivity index (χ4n) is 2.96. The number of benzene rings is 1. The predicted octanol–water partition coefficient (Wildman–Crippen LogP) is 3.35. The van der Waals surface area contributed by atoms with Crippen LogP contribution in [0, 0.1) is 0 Å². The highest BCUT2D eigenvalue weighted by Gasteiger charge is 2.21. The number of aryl methyl sites for hydroxylation is 1. The number of fused-ring (bicyclic) bond motifs is 1. The molecule has 0 atom stereocenters. The van der Waals surface area contributed by atoms with E-state index in [1.54, 1.807) is 6.21 Å². The van der Waals surface area contributed by atoms with Crippen molar-refractivity contribution in [1.29, 1.82) is 0 Å².